The molecular formula is C24H37NO5. The maximum Gasteiger partial charge on any atom is 0.343 e. The molecule has 1 N–H and O–H groups in total. The first-order valence-electron chi connectivity index (χ1n) is 11.1. The van der Waals surface area contributed by atoms with Crippen LogP contribution in [0.25, 0.3) is 0 Å². The zero-order valence-electron chi connectivity index (χ0n) is 18.9. The summed E-state index contributed by atoms with van der Waals surface area (Å²) in [6.45, 7) is 7.00. The van der Waals surface area contributed by atoms with E-state index in [4.69, 9.17) is 9.47 Å². The molecule has 0 heterocycles. The molecule has 6 heteroatoms. The molecule has 0 aliphatic heterocycles. The van der Waals surface area contributed by atoms with Crippen LogP contribution >= 0.6 is 0 Å². The van der Waals surface area contributed by atoms with Gasteiger partial charge in [-0.3, -0.25) is 4.79 Å². The highest BCUT2D eigenvalue weighted by atomic mass is 16.6. The maximum atomic E-state index is 12.6. The number of aryl methyl sites for hydroxylation is 2. The molecule has 0 saturated carbocycles. The number of benzene rings is 1. The summed E-state index contributed by atoms with van der Waals surface area (Å²) in [7, 11) is 0. The van der Waals surface area contributed by atoms with Crippen molar-refractivity contribution in [2.75, 3.05) is 13.2 Å². The molecule has 0 bridgehead atoms. The molecule has 0 spiro atoms. The van der Waals surface area contributed by atoms with Crippen molar-refractivity contribution in [2.24, 2.45) is 0 Å². The lowest BCUT2D eigenvalue weighted by Gasteiger charge is -2.29. The van der Waals surface area contributed by atoms with Crippen LogP contribution in [0.5, 0.6) is 0 Å². The Bertz CT molecular complexity index is 651. The first-order valence-corrected chi connectivity index (χ1v) is 11.1. The van der Waals surface area contributed by atoms with Gasteiger partial charge in [-0.25, -0.2) is 9.59 Å². The van der Waals surface area contributed by atoms with Crippen LogP contribution in [0.4, 0.5) is 0 Å². The largest absolute Gasteiger partial charge is 0.464 e. The van der Waals surface area contributed by atoms with Crippen molar-refractivity contribution < 1.29 is 23.9 Å². The molecule has 1 aromatic carbocycles. The van der Waals surface area contributed by atoms with Crippen LogP contribution in [0.1, 0.15) is 77.3 Å². The number of hydrogen-bond acceptors (Lipinski definition) is 5. The number of amides is 1. The van der Waals surface area contributed by atoms with E-state index in [9.17, 15) is 14.4 Å². The molecule has 1 rings (SSSR count). The Balaban J connectivity index is 2.85. The number of unbranched alkanes of at least 4 members (excludes halogenated alkanes) is 4. The Labute approximate surface area is 180 Å². The molecule has 30 heavy (non-hydrogen) atoms. The van der Waals surface area contributed by atoms with Crippen LogP contribution in [0.3, 0.4) is 0 Å². The number of carbonyl (C=O) groups excluding carboxylic acids is 3. The van der Waals surface area contributed by atoms with Gasteiger partial charge in [-0.05, 0) is 50.7 Å². The molecular weight excluding hydrogens is 382 g/mol. The second kappa shape index (κ2) is 13.8. The fourth-order valence-electron chi connectivity index (χ4n) is 3.40. The van der Waals surface area contributed by atoms with Crippen LogP contribution < -0.4 is 5.32 Å². The highest BCUT2D eigenvalue weighted by Crippen LogP contribution is 2.20. The number of nitrogens with one attached hydrogen (secondary N) is 1. The highest BCUT2D eigenvalue weighted by Gasteiger charge is 2.49. The van der Waals surface area contributed by atoms with E-state index < -0.39 is 23.4 Å². The lowest BCUT2D eigenvalue weighted by molar-refractivity contribution is -0.168. The highest BCUT2D eigenvalue weighted by molar-refractivity contribution is 6.07. The molecule has 0 saturated heterocycles. The third-order valence-electron chi connectivity index (χ3n) is 5.02. The summed E-state index contributed by atoms with van der Waals surface area (Å²) in [5.74, 6) is -2.07. The van der Waals surface area contributed by atoms with Crippen molar-refractivity contribution in [3.05, 3.63) is 35.4 Å². The summed E-state index contributed by atoms with van der Waals surface area (Å²) in [6, 6.07) is 8.19. The van der Waals surface area contributed by atoms with Gasteiger partial charge in [0.25, 0.3) is 0 Å². The van der Waals surface area contributed by atoms with Crippen molar-refractivity contribution >= 4 is 17.8 Å². The van der Waals surface area contributed by atoms with Gasteiger partial charge in [0, 0.05) is 6.92 Å². The van der Waals surface area contributed by atoms with E-state index >= 15 is 0 Å². The third kappa shape index (κ3) is 8.17. The minimum atomic E-state index is -1.84. The Morgan fingerprint density at radius 3 is 1.77 bits per heavy atom. The first-order chi connectivity index (χ1) is 14.4. The standard InChI is InChI=1S/C24H37NO5/c1-5-8-9-10-11-12-20-13-15-21(16-14-20)17-18-24(25-19(4)26,22(27)29-6-2)23(28)30-7-3/h13-16H,5-12,17-18H2,1-4H3,(H,25,26). The number of rotatable bonds is 14. The van der Waals surface area contributed by atoms with Gasteiger partial charge in [-0.2, -0.15) is 0 Å². The zero-order valence-corrected chi connectivity index (χ0v) is 18.9. The summed E-state index contributed by atoms with van der Waals surface area (Å²) in [6.07, 6.45) is 7.77. The van der Waals surface area contributed by atoms with Gasteiger partial charge in [0.2, 0.25) is 11.4 Å². The molecule has 0 aliphatic rings. The van der Waals surface area contributed by atoms with Gasteiger partial charge in [0.15, 0.2) is 0 Å². The molecule has 6 nitrogen and oxygen atoms in total. The SMILES string of the molecule is CCCCCCCc1ccc(CCC(NC(C)=O)(C(=O)OCC)C(=O)OCC)cc1. The normalized spacial score (nSPS) is 11.1. The predicted molar refractivity (Wildman–Crippen MR) is 117 cm³/mol. The molecule has 0 aromatic heterocycles. The Kier molecular flexibility index (Phi) is 11.8. The molecule has 0 atom stereocenters. The van der Waals surface area contributed by atoms with Crippen molar-refractivity contribution in [3.63, 3.8) is 0 Å². The quantitative estimate of drug-likeness (QED) is 0.278. The van der Waals surface area contributed by atoms with Gasteiger partial charge in [-0.1, -0.05) is 56.9 Å². The molecule has 0 radical (unpaired) electrons. The van der Waals surface area contributed by atoms with Crippen LogP contribution in [0, 0.1) is 0 Å². The third-order valence-corrected chi connectivity index (χ3v) is 5.02. The Morgan fingerprint density at radius 1 is 0.800 bits per heavy atom. The van der Waals surface area contributed by atoms with Gasteiger partial charge in [0.05, 0.1) is 13.2 Å². The fraction of sp³-hybridized carbons (Fsp3) is 0.625. The second-order valence-corrected chi connectivity index (χ2v) is 7.51. The van der Waals surface area contributed by atoms with E-state index in [0.717, 1.165) is 12.0 Å². The summed E-state index contributed by atoms with van der Waals surface area (Å²) in [4.78, 5) is 37.1. The van der Waals surface area contributed by atoms with Gasteiger partial charge in [0.1, 0.15) is 0 Å². The van der Waals surface area contributed by atoms with Crippen molar-refractivity contribution in [1.82, 2.24) is 5.32 Å². The summed E-state index contributed by atoms with van der Waals surface area (Å²) in [5, 5.41) is 2.50. The lowest BCUT2D eigenvalue weighted by Crippen LogP contribution is -2.61. The molecule has 0 aliphatic carbocycles. The number of ether oxygens (including phenoxy) is 2. The number of esters is 2. The van der Waals surface area contributed by atoms with Crippen molar-refractivity contribution in [1.29, 1.82) is 0 Å². The molecule has 0 unspecified atom stereocenters. The second-order valence-electron chi connectivity index (χ2n) is 7.51. The van der Waals surface area contributed by atoms with E-state index in [1.165, 1.54) is 44.6 Å². The van der Waals surface area contributed by atoms with E-state index in [0.29, 0.717) is 6.42 Å². The monoisotopic (exact) mass is 419 g/mol. The summed E-state index contributed by atoms with van der Waals surface area (Å²) < 4.78 is 10.2. The van der Waals surface area contributed by atoms with Gasteiger partial charge >= 0.3 is 11.9 Å². The summed E-state index contributed by atoms with van der Waals surface area (Å²) >= 11 is 0. The molecule has 0 fully saturated rings. The minimum Gasteiger partial charge on any atom is -0.464 e. The van der Waals surface area contributed by atoms with Crippen LogP contribution in [-0.2, 0) is 36.7 Å². The number of carbonyl (C=O) groups is 3. The zero-order chi connectivity index (χ0) is 22.4. The molecule has 1 aromatic rings. The molecule has 168 valence electrons. The predicted octanol–water partition coefficient (Wildman–Crippen LogP) is 4.13. The van der Waals surface area contributed by atoms with E-state index in [2.05, 4.69) is 24.4 Å². The van der Waals surface area contributed by atoms with Gasteiger partial charge < -0.3 is 14.8 Å². The van der Waals surface area contributed by atoms with Crippen molar-refractivity contribution in [3.8, 4) is 0 Å². The topological polar surface area (TPSA) is 81.7 Å². The first kappa shape index (κ1) is 25.7. The van der Waals surface area contributed by atoms with E-state index in [-0.39, 0.29) is 19.6 Å². The van der Waals surface area contributed by atoms with Crippen molar-refractivity contribution in [2.45, 2.75) is 84.6 Å². The van der Waals surface area contributed by atoms with Gasteiger partial charge in [-0.15, -0.1) is 0 Å². The fourth-order valence-corrected chi connectivity index (χ4v) is 3.40. The number of hydrogen-bond donors (Lipinski definition) is 1. The maximum absolute atomic E-state index is 12.6. The summed E-state index contributed by atoms with van der Waals surface area (Å²) in [5.41, 5.74) is 0.419. The Hall–Kier alpha value is -2.37. The average molecular weight is 420 g/mol. The van der Waals surface area contributed by atoms with Crippen LogP contribution in [-0.4, -0.2) is 36.6 Å². The van der Waals surface area contributed by atoms with Crippen LogP contribution in [0.15, 0.2) is 24.3 Å². The molecule has 1 amide bonds. The van der Waals surface area contributed by atoms with E-state index in [1.54, 1.807) is 13.8 Å². The lowest BCUT2D eigenvalue weighted by atomic mass is 9.90. The minimum absolute atomic E-state index is 0.0701. The average Bonchev–Trinajstić information content (AvgIpc) is 2.72. The smallest absolute Gasteiger partial charge is 0.343 e. The van der Waals surface area contributed by atoms with Crippen LogP contribution in [0.2, 0.25) is 0 Å². The Morgan fingerprint density at radius 2 is 1.30 bits per heavy atom. The van der Waals surface area contributed by atoms with E-state index in [1.807, 2.05) is 12.1 Å².